The Morgan fingerprint density at radius 3 is 2.96 bits per heavy atom. The van der Waals surface area contributed by atoms with Gasteiger partial charge in [-0.2, -0.15) is 0 Å². The molecule has 1 saturated carbocycles. The van der Waals surface area contributed by atoms with E-state index in [2.05, 4.69) is 21.5 Å². The first-order valence-corrected chi connectivity index (χ1v) is 9.09. The molecule has 0 spiro atoms. The van der Waals surface area contributed by atoms with Gasteiger partial charge in [-0.05, 0) is 37.5 Å². The van der Waals surface area contributed by atoms with E-state index in [4.69, 9.17) is 4.74 Å². The number of aromatic amines is 1. The molecule has 1 aromatic carbocycles. The Labute approximate surface area is 150 Å². The van der Waals surface area contributed by atoms with Crippen LogP contribution in [0.2, 0.25) is 0 Å². The lowest BCUT2D eigenvalue weighted by Gasteiger charge is -2.15. The standard InChI is InChI=1S/C19H21N5O2/c1-26-15-5-4-13-8-17(20-16(13)9-15)19(25)23-7-6-14(10-23)24-11-18(21-22-24)12-2-3-12/h4-5,8-9,11-12,14,20H,2-3,6-7,10H2,1H3. The number of amides is 1. The minimum Gasteiger partial charge on any atom is -0.497 e. The van der Waals surface area contributed by atoms with Crippen LogP contribution in [0.1, 0.15) is 47.4 Å². The van der Waals surface area contributed by atoms with Crippen molar-refractivity contribution in [2.24, 2.45) is 0 Å². The summed E-state index contributed by atoms with van der Waals surface area (Å²) in [4.78, 5) is 18.0. The number of fused-ring (bicyclic) bond motifs is 1. The zero-order valence-electron chi connectivity index (χ0n) is 14.7. The van der Waals surface area contributed by atoms with E-state index in [-0.39, 0.29) is 11.9 Å². The van der Waals surface area contributed by atoms with Gasteiger partial charge < -0.3 is 14.6 Å². The van der Waals surface area contributed by atoms with Crippen molar-refractivity contribution in [2.75, 3.05) is 20.2 Å². The lowest BCUT2D eigenvalue weighted by molar-refractivity contribution is 0.0782. The maximum Gasteiger partial charge on any atom is 0.270 e. The number of carbonyl (C=O) groups excluding carboxylic acids is 1. The van der Waals surface area contributed by atoms with E-state index in [1.807, 2.05) is 33.8 Å². The summed E-state index contributed by atoms with van der Waals surface area (Å²) in [5.74, 6) is 1.41. The SMILES string of the molecule is COc1ccc2cc(C(=O)N3CCC(n4cc(C5CC5)nn4)C3)[nH]c2c1. The van der Waals surface area contributed by atoms with Crippen LogP contribution in [0.5, 0.6) is 5.75 Å². The molecule has 1 aliphatic heterocycles. The van der Waals surface area contributed by atoms with E-state index in [0.717, 1.165) is 35.3 Å². The van der Waals surface area contributed by atoms with Gasteiger partial charge in [0, 0.05) is 42.2 Å². The number of hydrogen-bond acceptors (Lipinski definition) is 4. The van der Waals surface area contributed by atoms with Crippen molar-refractivity contribution in [2.45, 2.75) is 31.2 Å². The molecule has 0 bridgehead atoms. The van der Waals surface area contributed by atoms with Crippen molar-refractivity contribution in [3.8, 4) is 5.75 Å². The number of H-pyrrole nitrogens is 1. The predicted octanol–water partition coefficient (Wildman–Crippen LogP) is 2.73. The van der Waals surface area contributed by atoms with Crippen LogP contribution in [-0.4, -0.2) is 51.0 Å². The van der Waals surface area contributed by atoms with E-state index < -0.39 is 0 Å². The number of carbonyl (C=O) groups is 1. The highest BCUT2D eigenvalue weighted by Gasteiger charge is 2.31. The molecule has 7 heteroatoms. The summed E-state index contributed by atoms with van der Waals surface area (Å²) in [6.07, 6.45) is 5.41. The lowest BCUT2D eigenvalue weighted by atomic mass is 10.2. The van der Waals surface area contributed by atoms with Gasteiger partial charge in [-0.1, -0.05) is 5.21 Å². The maximum atomic E-state index is 12.9. The molecule has 5 rings (SSSR count). The number of rotatable bonds is 4. The average molecular weight is 351 g/mol. The van der Waals surface area contributed by atoms with Gasteiger partial charge in [-0.25, -0.2) is 4.68 Å². The Kier molecular flexibility index (Phi) is 3.48. The number of ether oxygens (including phenoxy) is 1. The Hall–Kier alpha value is -2.83. The molecule has 3 heterocycles. The molecule has 3 aromatic rings. The molecule has 2 aromatic heterocycles. The Morgan fingerprint density at radius 1 is 1.27 bits per heavy atom. The van der Waals surface area contributed by atoms with Gasteiger partial charge >= 0.3 is 0 Å². The van der Waals surface area contributed by atoms with Gasteiger partial charge in [0.15, 0.2) is 0 Å². The Morgan fingerprint density at radius 2 is 2.15 bits per heavy atom. The fourth-order valence-electron chi connectivity index (χ4n) is 3.70. The fraction of sp³-hybridized carbons (Fsp3) is 0.421. The molecule has 2 fully saturated rings. The van der Waals surface area contributed by atoms with Crippen molar-refractivity contribution in [3.63, 3.8) is 0 Å². The minimum atomic E-state index is 0.0326. The van der Waals surface area contributed by atoms with Crippen LogP contribution in [0, 0.1) is 0 Å². The van der Waals surface area contributed by atoms with Crippen LogP contribution < -0.4 is 4.74 Å². The third kappa shape index (κ3) is 2.64. The molecule has 1 aliphatic carbocycles. The quantitative estimate of drug-likeness (QED) is 0.784. The topological polar surface area (TPSA) is 76.0 Å². The number of methoxy groups -OCH3 is 1. The monoisotopic (exact) mass is 351 g/mol. The van der Waals surface area contributed by atoms with E-state index >= 15 is 0 Å². The summed E-state index contributed by atoms with van der Waals surface area (Å²) in [7, 11) is 1.64. The third-order valence-corrected chi connectivity index (χ3v) is 5.41. The number of hydrogen-bond donors (Lipinski definition) is 1. The van der Waals surface area contributed by atoms with Crippen LogP contribution in [0.15, 0.2) is 30.5 Å². The van der Waals surface area contributed by atoms with Gasteiger partial charge in [-0.15, -0.1) is 5.10 Å². The fourth-order valence-corrected chi connectivity index (χ4v) is 3.70. The number of likely N-dealkylation sites (tertiary alicyclic amines) is 1. The average Bonchev–Trinajstić information content (AvgIpc) is 3.09. The van der Waals surface area contributed by atoms with Crippen LogP contribution in [0.4, 0.5) is 0 Å². The highest BCUT2D eigenvalue weighted by Crippen LogP contribution is 2.39. The summed E-state index contributed by atoms with van der Waals surface area (Å²) >= 11 is 0. The van der Waals surface area contributed by atoms with Crippen molar-refractivity contribution >= 4 is 16.8 Å². The molecule has 1 N–H and O–H groups in total. The second kappa shape index (κ2) is 5.86. The molecule has 1 saturated heterocycles. The van der Waals surface area contributed by atoms with Crippen LogP contribution in [-0.2, 0) is 0 Å². The third-order valence-electron chi connectivity index (χ3n) is 5.41. The number of aromatic nitrogens is 4. The van der Waals surface area contributed by atoms with Crippen molar-refractivity contribution < 1.29 is 9.53 Å². The number of benzene rings is 1. The number of nitrogens with one attached hydrogen (secondary N) is 1. The molecule has 2 aliphatic rings. The normalized spacial score (nSPS) is 20.0. The van der Waals surface area contributed by atoms with E-state index in [9.17, 15) is 4.79 Å². The Bertz CT molecular complexity index is 971. The number of nitrogens with zero attached hydrogens (tertiary/aromatic N) is 4. The van der Waals surface area contributed by atoms with Gasteiger partial charge in [-0.3, -0.25) is 4.79 Å². The maximum absolute atomic E-state index is 12.9. The smallest absolute Gasteiger partial charge is 0.270 e. The highest BCUT2D eigenvalue weighted by molar-refractivity contribution is 5.98. The summed E-state index contributed by atoms with van der Waals surface area (Å²) < 4.78 is 7.19. The van der Waals surface area contributed by atoms with Crippen molar-refractivity contribution in [1.29, 1.82) is 0 Å². The molecule has 0 radical (unpaired) electrons. The highest BCUT2D eigenvalue weighted by atomic mass is 16.5. The summed E-state index contributed by atoms with van der Waals surface area (Å²) in [5, 5.41) is 9.58. The molecule has 1 unspecified atom stereocenters. The summed E-state index contributed by atoms with van der Waals surface area (Å²) in [6, 6.07) is 7.89. The predicted molar refractivity (Wildman–Crippen MR) is 96.4 cm³/mol. The molecule has 26 heavy (non-hydrogen) atoms. The molecule has 134 valence electrons. The molecule has 1 atom stereocenters. The first-order chi connectivity index (χ1) is 12.7. The Balaban J connectivity index is 1.32. The largest absolute Gasteiger partial charge is 0.497 e. The second-order valence-electron chi connectivity index (χ2n) is 7.23. The van der Waals surface area contributed by atoms with Crippen LogP contribution >= 0.6 is 0 Å². The van der Waals surface area contributed by atoms with E-state index in [1.165, 1.54) is 12.8 Å². The molecular weight excluding hydrogens is 330 g/mol. The van der Waals surface area contributed by atoms with Crippen LogP contribution in [0.3, 0.4) is 0 Å². The van der Waals surface area contributed by atoms with Gasteiger partial charge in [0.1, 0.15) is 11.4 Å². The summed E-state index contributed by atoms with van der Waals surface area (Å²) in [6.45, 7) is 1.41. The minimum absolute atomic E-state index is 0.0326. The first kappa shape index (κ1) is 15.4. The lowest BCUT2D eigenvalue weighted by Crippen LogP contribution is -2.29. The van der Waals surface area contributed by atoms with Crippen LogP contribution in [0.25, 0.3) is 10.9 Å². The molecule has 1 amide bonds. The van der Waals surface area contributed by atoms with Gasteiger partial charge in [0.2, 0.25) is 0 Å². The second-order valence-corrected chi connectivity index (χ2v) is 7.23. The van der Waals surface area contributed by atoms with Crippen molar-refractivity contribution in [3.05, 3.63) is 41.9 Å². The van der Waals surface area contributed by atoms with E-state index in [1.54, 1.807) is 7.11 Å². The zero-order valence-corrected chi connectivity index (χ0v) is 14.7. The van der Waals surface area contributed by atoms with Gasteiger partial charge in [0.05, 0.1) is 18.8 Å². The van der Waals surface area contributed by atoms with Gasteiger partial charge in [0.25, 0.3) is 5.91 Å². The van der Waals surface area contributed by atoms with Crippen molar-refractivity contribution in [1.82, 2.24) is 24.9 Å². The van der Waals surface area contributed by atoms with E-state index in [0.29, 0.717) is 18.2 Å². The molecule has 7 nitrogen and oxygen atoms in total. The summed E-state index contributed by atoms with van der Waals surface area (Å²) in [5.41, 5.74) is 2.62. The zero-order chi connectivity index (χ0) is 17.7. The first-order valence-electron chi connectivity index (χ1n) is 9.09. The molecular formula is C19H21N5O2.